The highest BCUT2D eigenvalue weighted by Gasteiger charge is 2.22. The highest BCUT2D eigenvalue weighted by molar-refractivity contribution is 5.80. The molecule has 15 nitrogen and oxygen atoms in total. The molecule has 0 unspecified atom stereocenters. The molecule has 39 heavy (non-hydrogen) atoms. The van der Waals surface area contributed by atoms with Crippen LogP contribution in [-0.2, 0) is 4.74 Å². The summed E-state index contributed by atoms with van der Waals surface area (Å²) >= 11 is 0. The van der Waals surface area contributed by atoms with Gasteiger partial charge in [0.25, 0.3) is 5.69 Å². The highest BCUT2D eigenvalue weighted by Crippen LogP contribution is 2.34. The van der Waals surface area contributed by atoms with Crippen molar-refractivity contribution >= 4 is 35.4 Å². The number of ether oxygens (including phenoxy) is 2. The normalized spacial score (nSPS) is 15.5. The van der Waals surface area contributed by atoms with Gasteiger partial charge in [-0.25, -0.2) is 5.43 Å². The molecule has 0 radical (unpaired) electrons. The molecular weight excluding hydrogens is 510 g/mol. The van der Waals surface area contributed by atoms with E-state index in [-0.39, 0.29) is 5.75 Å². The van der Waals surface area contributed by atoms with Crippen LogP contribution in [0.3, 0.4) is 0 Å². The lowest BCUT2D eigenvalue weighted by atomic mass is 10.2. The van der Waals surface area contributed by atoms with Crippen molar-refractivity contribution in [1.82, 2.24) is 15.0 Å². The number of nitro benzene ring substituents is 2. The summed E-state index contributed by atoms with van der Waals surface area (Å²) in [5.41, 5.74) is 2.60. The summed E-state index contributed by atoms with van der Waals surface area (Å²) < 4.78 is 11.1. The maximum Gasteiger partial charge on any atom is 0.318 e. The molecule has 2 aliphatic rings. The number of nitrogens with zero attached hydrogens (tertiary/aromatic N) is 8. The fourth-order valence-corrected chi connectivity index (χ4v) is 4.17. The average Bonchev–Trinajstić information content (AvgIpc) is 3.49. The smallest absolute Gasteiger partial charge is 0.318 e. The summed E-state index contributed by atoms with van der Waals surface area (Å²) in [5, 5.41) is 26.6. The molecule has 2 saturated heterocycles. The first-order chi connectivity index (χ1) is 19.0. The van der Waals surface area contributed by atoms with Gasteiger partial charge in [-0.1, -0.05) is 12.1 Å². The number of hydrazone groups is 1. The van der Waals surface area contributed by atoms with Crippen molar-refractivity contribution in [1.29, 1.82) is 0 Å². The summed E-state index contributed by atoms with van der Waals surface area (Å²) in [4.78, 5) is 38.9. The van der Waals surface area contributed by atoms with Crippen LogP contribution < -0.4 is 20.0 Å². The zero-order valence-electron chi connectivity index (χ0n) is 20.8. The molecule has 2 aromatic carbocycles. The first-order valence-corrected chi connectivity index (χ1v) is 12.3. The standard InChI is InChI=1S/C24H25N9O6/c34-32(35)18-6-7-21(20(15-18)33(36)37)39-19-5-3-4-17(14-19)16-25-29-22-26-23(30-8-1-2-9-30)28-24(27-22)31-10-12-38-13-11-31/h3-7,14-16H,1-2,8-13H2,(H,26,27,28,29)/b25-16-. The van der Waals surface area contributed by atoms with Crippen LogP contribution in [0.5, 0.6) is 11.5 Å². The van der Waals surface area contributed by atoms with Gasteiger partial charge >= 0.3 is 5.69 Å². The van der Waals surface area contributed by atoms with Crippen LogP contribution in [0.2, 0.25) is 0 Å². The predicted molar refractivity (Wildman–Crippen MR) is 142 cm³/mol. The summed E-state index contributed by atoms with van der Waals surface area (Å²) in [6.45, 7) is 4.35. The van der Waals surface area contributed by atoms with Gasteiger partial charge in [-0.15, -0.1) is 0 Å². The number of rotatable bonds is 9. The molecule has 3 heterocycles. The minimum Gasteiger partial charge on any atom is -0.450 e. The molecule has 1 aromatic heterocycles. The summed E-state index contributed by atoms with van der Waals surface area (Å²) in [6.07, 6.45) is 3.70. The Morgan fingerprint density at radius 2 is 1.64 bits per heavy atom. The minimum absolute atomic E-state index is 0.118. The fourth-order valence-electron chi connectivity index (χ4n) is 4.17. The Kier molecular flexibility index (Phi) is 7.68. The van der Waals surface area contributed by atoms with Gasteiger partial charge in [0, 0.05) is 32.2 Å². The number of benzene rings is 2. The van der Waals surface area contributed by atoms with E-state index >= 15 is 0 Å². The molecule has 0 atom stereocenters. The number of nitro groups is 2. The molecule has 0 amide bonds. The fraction of sp³-hybridized carbons (Fsp3) is 0.333. The Morgan fingerprint density at radius 1 is 0.923 bits per heavy atom. The largest absolute Gasteiger partial charge is 0.450 e. The molecule has 1 N–H and O–H groups in total. The predicted octanol–water partition coefficient (Wildman–Crippen LogP) is 3.36. The molecule has 0 bridgehead atoms. The number of hydrogen-bond acceptors (Lipinski definition) is 13. The Labute approximate surface area is 222 Å². The van der Waals surface area contributed by atoms with Gasteiger partial charge in [0.15, 0.2) is 0 Å². The van der Waals surface area contributed by atoms with E-state index in [2.05, 4.69) is 35.3 Å². The number of morpholine rings is 1. The van der Waals surface area contributed by atoms with Crippen LogP contribution in [0.4, 0.5) is 29.2 Å². The first kappa shape index (κ1) is 25.7. The molecular formula is C24H25N9O6. The Balaban J connectivity index is 1.32. The maximum atomic E-state index is 11.4. The highest BCUT2D eigenvalue weighted by atomic mass is 16.6. The minimum atomic E-state index is -0.728. The lowest BCUT2D eigenvalue weighted by Crippen LogP contribution is -2.38. The van der Waals surface area contributed by atoms with E-state index in [1.807, 2.05) is 0 Å². The van der Waals surface area contributed by atoms with E-state index in [0.717, 1.165) is 38.1 Å². The van der Waals surface area contributed by atoms with Gasteiger partial charge in [-0.2, -0.15) is 20.1 Å². The summed E-state index contributed by atoms with van der Waals surface area (Å²) in [7, 11) is 0. The van der Waals surface area contributed by atoms with Crippen LogP contribution >= 0.6 is 0 Å². The molecule has 0 aliphatic carbocycles. The molecule has 15 heteroatoms. The van der Waals surface area contributed by atoms with Crippen molar-refractivity contribution < 1.29 is 19.3 Å². The van der Waals surface area contributed by atoms with Crippen molar-refractivity contribution in [3.63, 3.8) is 0 Å². The molecule has 2 aliphatic heterocycles. The lowest BCUT2D eigenvalue weighted by Gasteiger charge is -2.27. The van der Waals surface area contributed by atoms with Crippen LogP contribution in [-0.4, -0.2) is 70.4 Å². The summed E-state index contributed by atoms with van der Waals surface area (Å²) in [5.74, 6) is 1.64. The van der Waals surface area contributed by atoms with E-state index < -0.39 is 21.2 Å². The van der Waals surface area contributed by atoms with Gasteiger partial charge in [0.2, 0.25) is 23.6 Å². The summed E-state index contributed by atoms with van der Waals surface area (Å²) in [6, 6.07) is 9.90. The van der Waals surface area contributed by atoms with Gasteiger partial charge in [0.1, 0.15) is 5.75 Å². The third-order valence-electron chi connectivity index (χ3n) is 6.11. The third kappa shape index (κ3) is 6.32. The number of nitrogens with one attached hydrogen (secondary N) is 1. The van der Waals surface area contributed by atoms with Gasteiger partial charge in [-0.3, -0.25) is 20.2 Å². The van der Waals surface area contributed by atoms with Crippen LogP contribution in [0, 0.1) is 20.2 Å². The monoisotopic (exact) mass is 535 g/mol. The second-order valence-electron chi connectivity index (χ2n) is 8.76. The van der Waals surface area contributed by atoms with E-state index in [1.165, 1.54) is 12.3 Å². The van der Waals surface area contributed by atoms with Gasteiger partial charge in [-0.05, 0) is 36.6 Å². The molecule has 0 spiro atoms. The molecule has 202 valence electrons. The second kappa shape index (κ2) is 11.6. The second-order valence-corrected chi connectivity index (χ2v) is 8.76. The van der Waals surface area contributed by atoms with Crippen molar-refractivity contribution in [3.05, 3.63) is 68.3 Å². The zero-order valence-corrected chi connectivity index (χ0v) is 20.8. The molecule has 3 aromatic rings. The van der Waals surface area contributed by atoms with Crippen LogP contribution in [0.25, 0.3) is 0 Å². The quantitative estimate of drug-likeness (QED) is 0.241. The van der Waals surface area contributed by atoms with Gasteiger partial charge in [0.05, 0.1) is 35.3 Å². The number of hydrogen-bond donors (Lipinski definition) is 1. The van der Waals surface area contributed by atoms with E-state index in [1.54, 1.807) is 24.3 Å². The maximum absolute atomic E-state index is 11.4. The van der Waals surface area contributed by atoms with E-state index in [9.17, 15) is 20.2 Å². The Morgan fingerprint density at radius 3 is 2.33 bits per heavy atom. The topological polar surface area (TPSA) is 174 Å². The number of non-ortho nitro benzene ring substituents is 1. The first-order valence-electron chi connectivity index (χ1n) is 12.3. The van der Waals surface area contributed by atoms with E-state index in [4.69, 9.17) is 9.47 Å². The lowest BCUT2D eigenvalue weighted by molar-refractivity contribution is -0.394. The molecule has 5 rings (SSSR count). The average molecular weight is 536 g/mol. The molecule has 0 saturated carbocycles. The zero-order chi connectivity index (χ0) is 27.2. The van der Waals surface area contributed by atoms with Crippen LogP contribution in [0.1, 0.15) is 18.4 Å². The van der Waals surface area contributed by atoms with Crippen molar-refractivity contribution in [3.8, 4) is 11.5 Å². The third-order valence-corrected chi connectivity index (χ3v) is 6.11. The van der Waals surface area contributed by atoms with E-state index in [0.29, 0.717) is 55.5 Å². The SMILES string of the molecule is O=[N+]([O-])c1ccc(Oc2cccc(/C=N\Nc3nc(N4CCCC4)nc(N4CCOCC4)n3)c2)c([N+](=O)[O-])c1. The van der Waals surface area contributed by atoms with Crippen molar-refractivity contribution in [2.24, 2.45) is 5.10 Å². The Hall–Kier alpha value is -4.92. The van der Waals surface area contributed by atoms with Crippen LogP contribution in [0.15, 0.2) is 47.6 Å². The molecule has 2 fully saturated rings. The van der Waals surface area contributed by atoms with Gasteiger partial charge < -0.3 is 19.3 Å². The van der Waals surface area contributed by atoms with Crippen molar-refractivity contribution in [2.45, 2.75) is 12.8 Å². The Bertz CT molecular complexity index is 1390. The number of anilines is 3. The number of aromatic nitrogens is 3. The van der Waals surface area contributed by atoms with Crippen molar-refractivity contribution in [2.75, 3.05) is 54.6 Å².